The molecule has 9 heteroatoms. The Morgan fingerprint density at radius 2 is 1.90 bits per heavy atom. The van der Waals surface area contributed by atoms with Crippen LogP contribution in [0, 0.1) is 11.7 Å². The Morgan fingerprint density at radius 3 is 2.61 bits per heavy atom. The van der Waals surface area contributed by atoms with E-state index in [1.807, 2.05) is 15.9 Å². The summed E-state index contributed by atoms with van der Waals surface area (Å²) >= 11 is 0. The molecule has 1 aromatic heterocycles. The lowest BCUT2D eigenvalue weighted by Crippen LogP contribution is -2.52. The Bertz CT molecular complexity index is 1030. The molecule has 166 valence electrons. The molecule has 2 saturated heterocycles. The molecule has 31 heavy (non-hydrogen) atoms. The van der Waals surface area contributed by atoms with E-state index in [9.17, 15) is 18.8 Å². The molecule has 2 aliphatic rings. The van der Waals surface area contributed by atoms with Gasteiger partial charge in [-0.2, -0.15) is 0 Å². The molecule has 1 N–H and O–H groups in total. The first kappa shape index (κ1) is 21.3. The minimum Gasteiger partial charge on any atom is -0.357 e. The van der Waals surface area contributed by atoms with Crippen molar-refractivity contribution in [1.29, 1.82) is 0 Å². The highest BCUT2D eigenvalue weighted by atomic mass is 19.1. The third-order valence-electron chi connectivity index (χ3n) is 6.22. The summed E-state index contributed by atoms with van der Waals surface area (Å²) in [6.45, 7) is 4.66. The topological polar surface area (TPSA) is 81.7 Å². The Balaban J connectivity index is 1.34. The van der Waals surface area contributed by atoms with E-state index >= 15 is 0 Å². The number of aromatic nitrogens is 2. The van der Waals surface area contributed by atoms with Gasteiger partial charge in [-0.25, -0.2) is 9.18 Å². The van der Waals surface area contributed by atoms with Crippen molar-refractivity contribution >= 4 is 11.7 Å². The Kier molecular flexibility index (Phi) is 6.22. The summed E-state index contributed by atoms with van der Waals surface area (Å²) in [5.74, 6) is 0.216. The highest BCUT2D eigenvalue weighted by Gasteiger charge is 2.31. The molecule has 2 aliphatic heterocycles. The normalized spacial score (nSPS) is 20.1. The number of carbonyl (C=O) groups is 1. The summed E-state index contributed by atoms with van der Waals surface area (Å²) in [6, 6.07) is 8.04. The highest BCUT2D eigenvalue weighted by Crippen LogP contribution is 2.23. The number of nitrogens with zero attached hydrogens (tertiary/aromatic N) is 4. The van der Waals surface area contributed by atoms with E-state index < -0.39 is 5.69 Å². The predicted molar refractivity (Wildman–Crippen MR) is 115 cm³/mol. The van der Waals surface area contributed by atoms with E-state index in [2.05, 4.69) is 9.88 Å². The molecular formula is C22H28FN5O3. The molecular weight excluding hydrogens is 401 g/mol. The number of halogens is 1. The number of H-pyrrole nitrogens is 1. The van der Waals surface area contributed by atoms with Crippen molar-refractivity contribution in [2.75, 3.05) is 44.2 Å². The zero-order valence-corrected chi connectivity index (χ0v) is 17.7. The molecule has 4 rings (SSSR count). The third kappa shape index (κ3) is 4.87. The van der Waals surface area contributed by atoms with Crippen LogP contribution in [0.5, 0.6) is 0 Å². The first-order valence-electron chi connectivity index (χ1n) is 10.7. The van der Waals surface area contributed by atoms with Crippen LogP contribution in [0.1, 0.15) is 18.4 Å². The quantitative estimate of drug-likeness (QED) is 0.777. The van der Waals surface area contributed by atoms with Gasteiger partial charge in [-0.1, -0.05) is 12.1 Å². The summed E-state index contributed by atoms with van der Waals surface area (Å²) in [7, 11) is 1.43. The van der Waals surface area contributed by atoms with Crippen molar-refractivity contribution < 1.29 is 9.18 Å². The standard InChI is InChI=1S/C22H28FN5O3/c1-25-20(29)13-19(24-22(25)31)28-7-3-5-17(15-28)21(30)27-10-8-26(9-11-27)14-16-4-2-6-18(23)12-16/h2,4,6,12-13,17H,3,5,7-11,14-15H2,1H3,(H,24,31). The van der Waals surface area contributed by atoms with Gasteiger partial charge in [0.25, 0.3) is 5.56 Å². The number of carbonyl (C=O) groups excluding carboxylic acids is 1. The zero-order chi connectivity index (χ0) is 22.0. The van der Waals surface area contributed by atoms with Crippen molar-refractivity contribution in [3.8, 4) is 0 Å². The molecule has 1 unspecified atom stereocenters. The second-order valence-electron chi connectivity index (χ2n) is 8.37. The van der Waals surface area contributed by atoms with Gasteiger partial charge in [0, 0.05) is 58.9 Å². The van der Waals surface area contributed by atoms with Gasteiger partial charge >= 0.3 is 5.69 Å². The number of hydrogen-bond acceptors (Lipinski definition) is 5. The Morgan fingerprint density at radius 1 is 1.13 bits per heavy atom. The minimum absolute atomic E-state index is 0.126. The fourth-order valence-corrected chi connectivity index (χ4v) is 4.39. The number of benzene rings is 1. The monoisotopic (exact) mass is 429 g/mol. The predicted octanol–water partition coefficient (Wildman–Crippen LogP) is 0.774. The summed E-state index contributed by atoms with van der Waals surface area (Å²) in [6.07, 6.45) is 1.63. The van der Waals surface area contributed by atoms with Crippen molar-refractivity contribution in [3.05, 3.63) is 62.6 Å². The lowest BCUT2D eigenvalue weighted by atomic mass is 9.96. The molecule has 0 spiro atoms. The number of aromatic amines is 1. The van der Waals surface area contributed by atoms with Crippen LogP contribution in [0.4, 0.5) is 10.2 Å². The van der Waals surface area contributed by atoms with Gasteiger partial charge in [0.05, 0.1) is 5.92 Å². The largest absolute Gasteiger partial charge is 0.357 e. The van der Waals surface area contributed by atoms with Crippen LogP contribution in [0.3, 0.4) is 0 Å². The number of piperazine rings is 1. The van der Waals surface area contributed by atoms with E-state index in [0.717, 1.165) is 36.1 Å². The molecule has 0 aliphatic carbocycles. The maximum Gasteiger partial charge on any atom is 0.329 e. The Labute approximate surface area is 179 Å². The number of piperidine rings is 1. The number of nitrogens with one attached hydrogen (secondary N) is 1. The number of hydrogen-bond donors (Lipinski definition) is 1. The lowest BCUT2D eigenvalue weighted by molar-refractivity contribution is -0.137. The lowest BCUT2D eigenvalue weighted by Gasteiger charge is -2.39. The SMILES string of the molecule is Cn1c(=O)cc(N2CCCC(C(=O)N3CCN(Cc4cccc(F)c4)CC3)C2)[nH]c1=O. The van der Waals surface area contributed by atoms with Crippen molar-refractivity contribution in [2.45, 2.75) is 19.4 Å². The van der Waals surface area contributed by atoms with E-state index in [-0.39, 0.29) is 23.2 Å². The van der Waals surface area contributed by atoms with Crippen molar-refractivity contribution in [2.24, 2.45) is 13.0 Å². The number of rotatable bonds is 4. The average molecular weight is 429 g/mol. The molecule has 3 heterocycles. The average Bonchev–Trinajstić information content (AvgIpc) is 2.77. The first-order chi connectivity index (χ1) is 14.9. The fourth-order valence-electron chi connectivity index (χ4n) is 4.39. The van der Waals surface area contributed by atoms with E-state index in [0.29, 0.717) is 38.5 Å². The van der Waals surface area contributed by atoms with Gasteiger partial charge in [-0.15, -0.1) is 0 Å². The van der Waals surface area contributed by atoms with E-state index in [1.165, 1.54) is 19.2 Å². The van der Waals surface area contributed by atoms with Gasteiger partial charge in [0.2, 0.25) is 5.91 Å². The fraction of sp³-hybridized carbons (Fsp3) is 0.500. The van der Waals surface area contributed by atoms with E-state index in [4.69, 9.17) is 0 Å². The number of amides is 1. The van der Waals surface area contributed by atoms with Crippen LogP contribution in [0.15, 0.2) is 39.9 Å². The van der Waals surface area contributed by atoms with Crippen LogP contribution in [-0.2, 0) is 18.4 Å². The molecule has 8 nitrogen and oxygen atoms in total. The van der Waals surface area contributed by atoms with Gasteiger partial charge < -0.3 is 9.80 Å². The van der Waals surface area contributed by atoms with Crippen LogP contribution in [0.25, 0.3) is 0 Å². The van der Waals surface area contributed by atoms with Crippen LogP contribution in [-0.4, -0.2) is 64.5 Å². The molecule has 1 amide bonds. The van der Waals surface area contributed by atoms with Gasteiger partial charge in [0.1, 0.15) is 11.6 Å². The second kappa shape index (κ2) is 9.05. The van der Waals surface area contributed by atoms with Crippen molar-refractivity contribution in [3.63, 3.8) is 0 Å². The molecule has 0 radical (unpaired) electrons. The van der Waals surface area contributed by atoms with Crippen molar-refractivity contribution in [1.82, 2.24) is 19.4 Å². The maximum absolute atomic E-state index is 13.4. The summed E-state index contributed by atoms with van der Waals surface area (Å²) in [5, 5.41) is 0. The van der Waals surface area contributed by atoms with E-state index in [1.54, 1.807) is 12.1 Å². The molecule has 2 aromatic rings. The van der Waals surface area contributed by atoms with Gasteiger partial charge in [0.15, 0.2) is 0 Å². The summed E-state index contributed by atoms with van der Waals surface area (Å²) < 4.78 is 14.4. The smallest absolute Gasteiger partial charge is 0.329 e. The van der Waals surface area contributed by atoms with Gasteiger partial charge in [-0.05, 0) is 30.5 Å². The molecule has 1 aromatic carbocycles. The van der Waals surface area contributed by atoms with Gasteiger partial charge in [-0.3, -0.25) is 24.0 Å². The van der Waals surface area contributed by atoms with Crippen LogP contribution < -0.4 is 16.1 Å². The minimum atomic E-state index is -0.453. The summed E-state index contributed by atoms with van der Waals surface area (Å²) in [4.78, 5) is 45.8. The third-order valence-corrected chi connectivity index (χ3v) is 6.22. The molecule has 0 bridgehead atoms. The first-order valence-corrected chi connectivity index (χ1v) is 10.7. The molecule has 2 fully saturated rings. The molecule has 1 atom stereocenters. The van der Waals surface area contributed by atoms with Crippen LogP contribution >= 0.6 is 0 Å². The van der Waals surface area contributed by atoms with Crippen LogP contribution in [0.2, 0.25) is 0 Å². The second-order valence-corrected chi connectivity index (χ2v) is 8.37. The zero-order valence-electron chi connectivity index (χ0n) is 17.7. The number of anilines is 1. The summed E-state index contributed by atoms with van der Waals surface area (Å²) in [5.41, 5.74) is 0.123. The Hall–Kier alpha value is -2.94. The molecule has 0 saturated carbocycles. The maximum atomic E-state index is 13.4. The highest BCUT2D eigenvalue weighted by molar-refractivity contribution is 5.80.